The molecule has 1 aromatic carbocycles. The van der Waals surface area contributed by atoms with Crippen LogP contribution in [0.3, 0.4) is 0 Å². The molecule has 1 amide bonds. The van der Waals surface area contributed by atoms with Crippen LogP contribution in [0.1, 0.15) is 15.9 Å². The van der Waals surface area contributed by atoms with Crippen molar-refractivity contribution in [3.63, 3.8) is 0 Å². The molecule has 20 heavy (non-hydrogen) atoms. The Balaban J connectivity index is 1.79. The van der Waals surface area contributed by atoms with Crippen LogP contribution in [0.4, 0.5) is 6.01 Å². The van der Waals surface area contributed by atoms with E-state index in [4.69, 9.17) is 8.83 Å². The molecule has 3 aromatic rings. The van der Waals surface area contributed by atoms with Gasteiger partial charge in [-0.1, -0.05) is 23.3 Å². The predicted octanol–water partition coefficient (Wildman–Crippen LogP) is 2.89. The number of hydrogen-bond donors (Lipinski definition) is 1. The molecule has 6 heteroatoms. The van der Waals surface area contributed by atoms with E-state index in [-0.39, 0.29) is 17.8 Å². The zero-order chi connectivity index (χ0) is 13.9. The van der Waals surface area contributed by atoms with Crippen molar-refractivity contribution in [3.8, 4) is 11.7 Å². The van der Waals surface area contributed by atoms with E-state index in [9.17, 15) is 4.79 Å². The van der Waals surface area contributed by atoms with Gasteiger partial charge in [-0.15, -0.1) is 5.10 Å². The summed E-state index contributed by atoms with van der Waals surface area (Å²) in [5.74, 6) is 0.377. The van der Waals surface area contributed by atoms with Crippen LogP contribution < -0.4 is 5.32 Å². The quantitative estimate of drug-likeness (QED) is 0.790. The molecule has 0 fully saturated rings. The van der Waals surface area contributed by atoms with Crippen molar-refractivity contribution in [2.24, 2.45) is 0 Å². The summed E-state index contributed by atoms with van der Waals surface area (Å²) in [6.07, 6.45) is 1.51. The maximum Gasteiger partial charge on any atom is 0.322 e. The molecule has 6 nitrogen and oxygen atoms in total. The second-order valence-corrected chi connectivity index (χ2v) is 4.16. The van der Waals surface area contributed by atoms with Crippen LogP contribution in [-0.2, 0) is 0 Å². The van der Waals surface area contributed by atoms with Gasteiger partial charge < -0.3 is 8.83 Å². The highest BCUT2D eigenvalue weighted by molar-refractivity contribution is 6.04. The number of rotatable bonds is 3. The number of hydrogen-bond acceptors (Lipinski definition) is 5. The first-order chi connectivity index (χ1) is 9.74. The summed E-state index contributed by atoms with van der Waals surface area (Å²) in [6.45, 7) is 1.86. The van der Waals surface area contributed by atoms with Crippen LogP contribution in [0.5, 0.6) is 0 Å². The third-order valence-corrected chi connectivity index (χ3v) is 2.77. The van der Waals surface area contributed by atoms with Crippen molar-refractivity contribution in [3.05, 3.63) is 53.8 Å². The number of anilines is 1. The third kappa shape index (κ3) is 2.31. The number of nitrogens with one attached hydrogen (secondary N) is 1. The highest BCUT2D eigenvalue weighted by atomic mass is 16.4. The smallest absolute Gasteiger partial charge is 0.322 e. The monoisotopic (exact) mass is 269 g/mol. The number of carbonyl (C=O) groups is 1. The Morgan fingerprint density at radius 2 is 2.00 bits per heavy atom. The lowest BCUT2D eigenvalue weighted by Crippen LogP contribution is -2.13. The number of carbonyl (C=O) groups excluding carboxylic acids is 1. The van der Waals surface area contributed by atoms with E-state index in [1.165, 1.54) is 6.26 Å². The van der Waals surface area contributed by atoms with Gasteiger partial charge in [0, 0.05) is 5.56 Å². The van der Waals surface area contributed by atoms with Gasteiger partial charge >= 0.3 is 6.01 Å². The van der Waals surface area contributed by atoms with Gasteiger partial charge in [0.25, 0.3) is 11.8 Å². The van der Waals surface area contributed by atoms with E-state index in [1.54, 1.807) is 24.3 Å². The summed E-state index contributed by atoms with van der Waals surface area (Å²) in [4.78, 5) is 12.1. The van der Waals surface area contributed by atoms with Gasteiger partial charge in [-0.05, 0) is 30.7 Å². The Labute approximate surface area is 114 Å². The molecule has 2 heterocycles. The van der Waals surface area contributed by atoms with Crippen LogP contribution in [0, 0.1) is 6.92 Å². The van der Waals surface area contributed by atoms with Crippen molar-refractivity contribution in [2.45, 2.75) is 6.92 Å². The average molecular weight is 269 g/mol. The van der Waals surface area contributed by atoms with E-state index in [0.29, 0.717) is 11.3 Å². The Morgan fingerprint density at radius 3 is 2.75 bits per heavy atom. The SMILES string of the molecule is Cc1ccccc1C(=O)Nc1nnc(-c2ccco2)o1. The Morgan fingerprint density at radius 1 is 1.15 bits per heavy atom. The minimum Gasteiger partial charge on any atom is -0.459 e. The predicted molar refractivity (Wildman–Crippen MR) is 71.1 cm³/mol. The molecule has 0 spiro atoms. The van der Waals surface area contributed by atoms with Gasteiger partial charge in [0.2, 0.25) is 0 Å². The molecule has 0 bridgehead atoms. The molecule has 0 aliphatic carbocycles. The Bertz CT molecular complexity index is 732. The summed E-state index contributed by atoms with van der Waals surface area (Å²) < 4.78 is 10.4. The number of benzene rings is 1. The van der Waals surface area contributed by atoms with Crippen LogP contribution in [-0.4, -0.2) is 16.1 Å². The van der Waals surface area contributed by atoms with Gasteiger partial charge in [0.15, 0.2) is 5.76 Å². The third-order valence-electron chi connectivity index (χ3n) is 2.77. The van der Waals surface area contributed by atoms with Crippen LogP contribution in [0.15, 0.2) is 51.5 Å². The molecule has 100 valence electrons. The first-order valence-electron chi connectivity index (χ1n) is 5.98. The Hall–Kier alpha value is -2.89. The van der Waals surface area contributed by atoms with Crippen LogP contribution >= 0.6 is 0 Å². The zero-order valence-electron chi connectivity index (χ0n) is 10.7. The van der Waals surface area contributed by atoms with Crippen LogP contribution in [0.25, 0.3) is 11.7 Å². The molecule has 3 rings (SSSR count). The lowest BCUT2D eigenvalue weighted by molar-refractivity contribution is 0.102. The molecule has 0 radical (unpaired) electrons. The number of amides is 1. The van der Waals surface area contributed by atoms with E-state index in [1.807, 2.05) is 19.1 Å². The maximum absolute atomic E-state index is 12.1. The highest BCUT2D eigenvalue weighted by Crippen LogP contribution is 2.20. The van der Waals surface area contributed by atoms with Gasteiger partial charge in [0.1, 0.15) is 0 Å². The van der Waals surface area contributed by atoms with E-state index in [2.05, 4.69) is 15.5 Å². The largest absolute Gasteiger partial charge is 0.459 e. The van der Waals surface area contributed by atoms with Crippen molar-refractivity contribution < 1.29 is 13.6 Å². The fraction of sp³-hybridized carbons (Fsp3) is 0.0714. The van der Waals surface area contributed by atoms with Gasteiger partial charge in [-0.2, -0.15) is 0 Å². The molecule has 0 atom stereocenters. The number of aromatic nitrogens is 2. The highest BCUT2D eigenvalue weighted by Gasteiger charge is 2.14. The molecular weight excluding hydrogens is 258 g/mol. The number of aryl methyl sites for hydroxylation is 1. The molecule has 0 aliphatic rings. The molecule has 0 unspecified atom stereocenters. The Kier molecular flexibility index (Phi) is 3.04. The van der Waals surface area contributed by atoms with E-state index in [0.717, 1.165) is 5.56 Å². The van der Waals surface area contributed by atoms with Gasteiger partial charge in [-0.3, -0.25) is 10.1 Å². The normalized spacial score (nSPS) is 10.4. The van der Waals surface area contributed by atoms with Gasteiger partial charge in [-0.25, -0.2) is 0 Å². The van der Waals surface area contributed by atoms with Crippen molar-refractivity contribution in [1.82, 2.24) is 10.2 Å². The summed E-state index contributed by atoms with van der Waals surface area (Å²) in [5.41, 5.74) is 1.43. The standard InChI is InChI=1S/C14H11N3O3/c1-9-5-2-3-6-10(9)12(18)15-14-17-16-13(20-14)11-7-4-8-19-11/h2-8H,1H3,(H,15,17,18). The first kappa shape index (κ1) is 12.2. The molecule has 1 N–H and O–H groups in total. The lowest BCUT2D eigenvalue weighted by atomic mass is 10.1. The average Bonchev–Trinajstić information content (AvgIpc) is 3.09. The molecule has 0 aliphatic heterocycles. The fourth-order valence-electron chi connectivity index (χ4n) is 1.77. The summed E-state index contributed by atoms with van der Waals surface area (Å²) >= 11 is 0. The minimum atomic E-state index is -0.294. The molecule has 0 saturated heterocycles. The molecule has 2 aromatic heterocycles. The van der Waals surface area contributed by atoms with Crippen molar-refractivity contribution in [1.29, 1.82) is 0 Å². The molecular formula is C14H11N3O3. The number of furan rings is 1. The van der Waals surface area contributed by atoms with Gasteiger partial charge in [0.05, 0.1) is 6.26 Å². The van der Waals surface area contributed by atoms with Crippen LogP contribution in [0.2, 0.25) is 0 Å². The first-order valence-corrected chi connectivity index (χ1v) is 5.98. The zero-order valence-corrected chi connectivity index (χ0v) is 10.7. The maximum atomic E-state index is 12.1. The summed E-state index contributed by atoms with van der Waals surface area (Å²) in [5, 5.41) is 10.1. The summed E-state index contributed by atoms with van der Waals surface area (Å²) in [7, 11) is 0. The van der Waals surface area contributed by atoms with E-state index >= 15 is 0 Å². The second-order valence-electron chi connectivity index (χ2n) is 4.16. The molecule has 0 saturated carbocycles. The topological polar surface area (TPSA) is 81.2 Å². The second kappa shape index (κ2) is 5.00. The van der Waals surface area contributed by atoms with E-state index < -0.39 is 0 Å². The summed E-state index contributed by atoms with van der Waals surface area (Å²) in [6, 6.07) is 10.7. The lowest BCUT2D eigenvalue weighted by Gasteiger charge is -2.03. The van der Waals surface area contributed by atoms with Crippen molar-refractivity contribution in [2.75, 3.05) is 5.32 Å². The minimum absolute atomic E-state index is 0.0321. The van der Waals surface area contributed by atoms with Crippen molar-refractivity contribution >= 4 is 11.9 Å². The fourth-order valence-corrected chi connectivity index (χ4v) is 1.77. The number of nitrogens with zero attached hydrogens (tertiary/aromatic N) is 2.